The second-order valence-corrected chi connectivity index (χ2v) is 5.16. The maximum absolute atomic E-state index is 11.0. The van der Waals surface area contributed by atoms with Crippen molar-refractivity contribution in [2.45, 2.75) is 51.4 Å². The third kappa shape index (κ3) is 1.90. The summed E-state index contributed by atoms with van der Waals surface area (Å²) in [6, 6.07) is 0. The zero-order valence-corrected chi connectivity index (χ0v) is 8.78. The summed E-state index contributed by atoms with van der Waals surface area (Å²) in [5.41, 5.74) is 0.628. The molecule has 2 aliphatic carbocycles. The monoisotopic (exact) mass is 200 g/mol. The van der Waals surface area contributed by atoms with Gasteiger partial charge >= 0.3 is 0 Å². The first-order valence-corrected chi connectivity index (χ1v) is 5.79. The lowest BCUT2D eigenvalue weighted by molar-refractivity contribution is -0.116. The highest BCUT2D eigenvalue weighted by Crippen LogP contribution is 2.50. The Morgan fingerprint density at radius 1 is 1.08 bits per heavy atom. The lowest BCUT2D eigenvalue weighted by atomic mass is 9.70. The number of rotatable bonds is 1. The number of hydrogen-bond donors (Lipinski definition) is 0. The van der Waals surface area contributed by atoms with Crippen LogP contribution < -0.4 is 0 Å². The highest BCUT2D eigenvalue weighted by Gasteiger charge is 2.38. The van der Waals surface area contributed by atoms with Gasteiger partial charge in [-0.15, -0.1) is 0 Å². The smallest absolute Gasteiger partial charge is 0.224 e. The number of carbonyl (C=O) groups excluding carboxylic acids is 1. The van der Waals surface area contributed by atoms with Crippen molar-refractivity contribution in [1.82, 2.24) is 0 Å². The fraction of sp³-hybridized carbons (Fsp3) is 0.909. The molecule has 0 N–H and O–H groups in total. The van der Waals surface area contributed by atoms with E-state index in [4.69, 9.17) is 11.6 Å². The van der Waals surface area contributed by atoms with Crippen molar-refractivity contribution in [1.29, 1.82) is 0 Å². The Hall–Kier alpha value is -0.0400. The third-order valence-corrected chi connectivity index (χ3v) is 4.34. The van der Waals surface area contributed by atoms with Crippen LogP contribution in [-0.2, 0) is 4.79 Å². The predicted molar refractivity (Wildman–Crippen MR) is 53.7 cm³/mol. The largest absolute Gasteiger partial charge is 0.281 e. The maximum Gasteiger partial charge on any atom is 0.224 e. The molecule has 0 aromatic heterocycles. The second-order valence-electron chi connectivity index (χ2n) is 4.79. The lowest BCUT2D eigenvalue weighted by Crippen LogP contribution is -2.26. The molecule has 2 aliphatic rings. The SMILES string of the molecule is O=C(Cl)C1CCC2(CCCC2)CC1. The molecular formula is C11H17ClO. The van der Waals surface area contributed by atoms with Crippen LogP contribution in [0, 0.1) is 11.3 Å². The van der Waals surface area contributed by atoms with Crippen LogP contribution in [0.4, 0.5) is 0 Å². The van der Waals surface area contributed by atoms with Crippen LogP contribution in [0.3, 0.4) is 0 Å². The van der Waals surface area contributed by atoms with Gasteiger partial charge in [0.15, 0.2) is 0 Å². The molecule has 0 amide bonds. The number of carbonyl (C=O) groups is 1. The molecule has 2 heteroatoms. The third-order valence-electron chi connectivity index (χ3n) is 4.03. The summed E-state index contributed by atoms with van der Waals surface area (Å²) < 4.78 is 0. The van der Waals surface area contributed by atoms with E-state index in [0.717, 1.165) is 12.8 Å². The van der Waals surface area contributed by atoms with E-state index in [9.17, 15) is 4.79 Å². The molecule has 0 unspecified atom stereocenters. The quantitative estimate of drug-likeness (QED) is 0.593. The Bertz CT molecular complexity index is 196. The summed E-state index contributed by atoms with van der Waals surface area (Å²) in [5, 5.41) is -0.104. The van der Waals surface area contributed by atoms with E-state index < -0.39 is 0 Å². The van der Waals surface area contributed by atoms with Crippen LogP contribution in [0.25, 0.3) is 0 Å². The normalized spacial score (nSPS) is 28.1. The molecule has 0 aromatic rings. The minimum Gasteiger partial charge on any atom is -0.281 e. The molecule has 2 rings (SSSR count). The zero-order chi connectivity index (χ0) is 9.31. The van der Waals surface area contributed by atoms with Crippen LogP contribution in [0.15, 0.2) is 0 Å². The first-order chi connectivity index (χ1) is 6.22. The fourth-order valence-corrected chi connectivity index (χ4v) is 3.30. The van der Waals surface area contributed by atoms with Gasteiger partial charge in [0, 0.05) is 5.92 Å². The molecule has 0 radical (unpaired) electrons. The van der Waals surface area contributed by atoms with Crippen molar-refractivity contribution in [2.24, 2.45) is 11.3 Å². The predicted octanol–water partition coefficient (Wildman–Crippen LogP) is 3.50. The Balaban J connectivity index is 1.91. The molecule has 13 heavy (non-hydrogen) atoms. The van der Waals surface area contributed by atoms with Crippen LogP contribution in [0.1, 0.15) is 51.4 Å². The Morgan fingerprint density at radius 2 is 1.62 bits per heavy atom. The van der Waals surface area contributed by atoms with Gasteiger partial charge in [-0.3, -0.25) is 4.79 Å². The van der Waals surface area contributed by atoms with E-state index in [-0.39, 0.29) is 11.2 Å². The van der Waals surface area contributed by atoms with E-state index in [2.05, 4.69) is 0 Å². The summed E-state index contributed by atoms with van der Waals surface area (Å²) in [6.07, 6.45) is 10.2. The van der Waals surface area contributed by atoms with Crippen molar-refractivity contribution in [3.05, 3.63) is 0 Å². The minimum atomic E-state index is -0.104. The van der Waals surface area contributed by atoms with Gasteiger partial charge < -0.3 is 0 Å². The van der Waals surface area contributed by atoms with Crippen LogP contribution >= 0.6 is 11.6 Å². The van der Waals surface area contributed by atoms with Crippen LogP contribution in [-0.4, -0.2) is 5.24 Å². The summed E-state index contributed by atoms with van der Waals surface area (Å²) >= 11 is 5.51. The molecule has 0 bridgehead atoms. The fourth-order valence-electron chi connectivity index (χ4n) is 3.08. The van der Waals surface area contributed by atoms with Crippen molar-refractivity contribution in [3.63, 3.8) is 0 Å². The first-order valence-electron chi connectivity index (χ1n) is 5.41. The molecule has 74 valence electrons. The number of hydrogen-bond acceptors (Lipinski definition) is 1. The summed E-state index contributed by atoms with van der Waals surface area (Å²) in [5.74, 6) is 0.174. The van der Waals surface area contributed by atoms with E-state index in [1.807, 2.05) is 0 Å². The molecule has 1 spiro atoms. The average Bonchev–Trinajstić information content (AvgIpc) is 2.54. The lowest BCUT2D eigenvalue weighted by Gasteiger charge is -2.35. The minimum absolute atomic E-state index is 0.104. The van der Waals surface area contributed by atoms with E-state index >= 15 is 0 Å². The zero-order valence-electron chi connectivity index (χ0n) is 8.02. The Kier molecular flexibility index (Phi) is 2.64. The summed E-state index contributed by atoms with van der Waals surface area (Å²) in [6.45, 7) is 0. The Morgan fingerprint density at radius 3 is 2.08 bits per heavy atom. The van der Waals surface area contributed by atoms with Crippen LogP contribution in [0.2, 0.25) is 0 Å². The van der Waals surface area contributed by atoms with Crippen molar-refractivity contribution < 1.29 is 4.79 Å². The summed E-state index contributed by atoms with van der Waals surface area (Å²) in [7, 11) is 0. The molecule has 0 heterocycles. The van der Waals surface area contributed by atoms with Gasteiger partial charge in [-0.05, 0) is 55.5 Å². The van der Waals surface area contributed by atoms with Crippen LogP contribution in [0.5, 0.6) is 0 Å². The van der Waals surface area contributed by atoms with Gasteiger partial charge in [-0.1, -0.05) is 12.8 Å². The molecule has 0 atom stereocenters. The van der Waals surface area contributed by atoms with Gasteiger partial charge in [0.1, 0.15) is 0 Å². The second kappa shape index (κ2) is 3.61. The highest BCUT2D eigenvalue weighted by molar-refractivity contribution is 6.63. The van der Waals surface area contributed by atoms with Gasteiger partial charge in [-0.2, -0.15) is 0 Å². The number of halogens is 1. The van der Waals surface area contributed by atoms with E-state index in [0.29, 0.717) is 5.41 Å². The molecule has 2 fully saturated rings. The van der Waals surface area contributed by atoms with E-state index in [1.54, 1.807) is 0 Å². The standard InChI is InChI=1S/C11H17ClO/c12-10(13)9-3-7-11(8-4-9)5-1-2-6-11/h9H,1-8H2. The molecule has 2 saturated carbocycles. The highest BCUT2D eigenvalue weighted by atomic mass is 35.5. The molecular weight excluding hydrogens is 184 g/mol. The maximum atomic E-state index is 11.0. The molecule has 0 aliphatic heterocycles. The van der Waals surface area contributed by atoms with Crippen molar-refractivity contribution >= 4 is 16.8 Å². The average molecular weight is 201 g/mol. The van der Waals surface area contributed by atoms with Gasteiger partial charge in [0.25, 0.3) is 0 Å². The molecule has 1 nitrogen and oxygen atoms in total. The van der Waals surface area contributed by atoms with Gasteiger partial charge in [0.2, 0.25) is 5.24 Å². The molecule has 0 aromatic carbocycles. The topological polar surface area (TPSA) is 17.1 Å². The van der Waals surface area contributed by atoms with E-state index in [1.165, 1.54) is 38.5 Å². The van der Waals surface area contributed by atoms with Gasteiger partial charge in [0.05, 0.1) is 0 Å². The van der Waals surface area contributed by atoms with Crippen molar-refractivity contribution in [3.8, 4) is 0 Å². The first kappa shape index (κ1) is 9.51. The van der Waals surface area contributed by atoms with Gasteiger partial charge in [-0.25, -0.2) is 0 Å². The Labute approximate surface area is 84.8 Å². The summed E-state index contributed by atoms with van der Waals surface area (Å²) in [4.78, 5) is 11.0. The molecule has 0 saturated heterocycles. The van der Waals surface area contributed by atoms with Crippen molar-refractivity contribution in [2.75, 3.05) is 0 Å².